The lowest BCUT2D eigenvalue weighted by atomic mass is 10.2. The number of aromatic nitrogens is 1. The van der Waals surface area contributed by atoms with Crippen molar-refractivity contribution < 1.29 is 9.63 Å². The Hall–Kier alpha value is -0.840. The molecule has 0 saturated heterocycles. The zero-order valence-electron chi connectivity index (χ0n) is 7.62. The van der Waals surface area contributed by atoms with Crippen LogP contribution in [0.1, 0.15) is 10.4 Å². The summed E-state index contributed by atoms with van der Waals surface area (Å²) in [7, 11) is 2.83. The van der Waals surface area contributed by atoms with Crippen LogP contribution < -0.4 is 0 Å². The number of hydroxylamine groups is 2. The van der Waals surface area contributed by atoms with E-state index in [2.05, 4.69) is 4.98 Å². The van der Waals surface area contributed by atoms with Crippen molar-refractivity contribution in [3.63, 3.8) is 0 Å². The zero-order valence-corrected chi connectivity index (χ0v) is 9.13. The molecule has 1 rings (SSSR count). The first kappa shape index (κ1) is 11.2. The minimum absolute atomic E-state index is 0.0615. The summed E-state index contributed by atoms with van der Waals surface area (Å²) in [5, 5.41) is 1.33. The molecule has 1 amide bonds. The van der Waals surface area contributed by atoms with Gasteiger partial charge >= 0.3 is 0 Å². The molecule has 0 aliphatic rings. The van der Waals surface area contributed by atoms with Crippen LogP contribution in [0.5, 0.6) is 0 Å². The van der Waals surface area contributed by atoms with Crippen molar-refractivity contribution >= 4 is 29.1 Å². The molecule has 1 aromatic rings. The number of nitrogens with zero attached hydrogens (tertiary/aromatic N) is 2. The molecule has 0 unspecified atom stereocenters. The van der Waals surface area contributed by atoms with Gasteiger partial charge in [-0.3, -0.25) is 9.63 Å². The van der Waals surface area contributed by atoms with E-state index >= 15 is 0 Å². The highest BCUT2D eigenvalue weighted by molar-refractivity contribution is 6.38. The molecule has 6 heteroatoms. The molecule has 0 fully saturated rings. The van der Waals surface area contributed by atoms with E-state index in [4.69, 9.17) is 28.0 Å². The summed E-state index contributed by atoms with van der Waals surface area (Å²) in [5.41, 5.74) is 0.139. The number of carbonyl (C=O) groups excluding carboxylic acids is 1. The van der Waals surface area contributed by atoms with Crippen LogP contribution in [-0.4, -0.2) is 30.1 Å². The second-order valence-corrected chi connectivity index (χ2v) is 3.21. The number of hydrogen-bond donors (Lipinski definition) is 0. The fraction of sp³-hybridized carbons (Fsp3) is 0.250. The number of halogens is 2. The maximum atomic E-state index is 11.6. The number of amides is 1. The molecule has 1 heterocycles. The highest BCUT2D eigenvalue weighted by Gasteiger charge is 2.19. The van der Waals surface area contributed by atoms with Crippen LogP contribution in [0.15, 0.2) is 12.3 Å². The van der Waals surface area contributed by atoms with Gasteiger partial charge in [-0.05, 0) is 6.07 Å². The summed E-state index contributed by atoms with van der Waals surface area (Å²) in [6.45, 7) is 0. The molecule has 0 bridgehead atoms. The minimum atomic E-state index is -0.435. The van der Waals surface area contributed by atoms with Crippen molar-refractivity contribution in [3.8, 4) is 0 Å². The second kappa shape index (κ2) is 4.59. The van der Waals surface area contributed by atoms with Gasteiger partial charge in [0.2, 0.25) is 0 Å². The van der Waals surface area contributed by atoms with Crippen LogP contribution in [0.2, 0.25) is 10.2 Å². The molecule has 0 radical (unpaired) electrons. The lowest BCUT2D eigenvalue weighted by Crippen LogP contribution is -2.26. The smallest absolute Gasteiger partial charge is 0.274 e. The summed E-state index contributed by atoms with van der Waals surface area (Å²) < 4.78 is 0. The number of pyridine rings is 1. The Morgan fingerprint density at radius 3 is 2.71 bits per heavy atom. The normalized spacial score (nSPS) is 10.0. The molecule has 1 aromatic heterocycles. The van der Waals surface area contributed by atoms with E-state index < -0.39 is 5.91 Å². The molecule has 0 spiro atoms. The van der Waals surface area contributed by atoms with Crippen LogP contribution >= 0.6 is 23.2 Å². The summed E-state index contributed by atoms with van der Waals surface area (Å²) in [5.74, 6) is -0.435. The molecule has 0 aliphatic heterocycles. The summed E-state index contributed by atoms with van der Waals surface area (Å²) >= 11 is 11.5. The van der Waals surface area contributed by atoms with Crippen molar-refractivity contribution in [3.05, 3.63) is 28.0 Å². The summed E-state index contributed by atoms with van der Waals surface area (Å²) in [4.78, 5) is 20.1. The third-order valence-corrected chi connectivity index (χ3v) is 2.23. The van der Waals surface area contributed by atoms with Crippen molar-refractivity contribution in [2.45, 2.75) is 0 Å². The van der Waals surface area contributed by atoms with Gasteiger partial charge in [0.25, 0.3) is 5.91 Å². The Bertz CT molecular complexity index is 337. The van der Waals surface area contributed by atoms with E-state index in [1.54, 1.807) is 0 Å². The first-order valence-electron chi connectivity index (χ1n) is 3.70. The Morgan fingerprint density at radius 2 is 2.21 bits per heavy atom. The van der Waals surface area contributed by atoms with Gasteiger partial charge in [-0.1, -0.05) is 23.2 Å². The lowest BCUT2D eigenvalue weighted by Gasteiger charge is -2.14. The van der Waals surface area contributed by atoms with Crippen LogP contribution in [0.4, 0.5) is 0 Å². The van der Waals surface area contributed by atoms with Crippen molar-refractivity contribution in [2.24, 2.45) is 0 Å². The first-order valence-corrected chi connectivity index (χ1v) is 4.45. The standard InChI is InChI=1S/C8H8Cl2N2O2/c1-12(14-2)8(13)6-5(9)3-4-11-7(6)10/h3-4H,1-2H3. The average Bonchev–Trinajstić information content (AvgIpc) is 2.16. The number of rotatable bonds is 2. The average molecular weight is 235 g/mol. The Kier molecular flexibility index (Phi) is 3.69. The van der Waals surface area contributed by atoms with E-state index in [0.717, 1.165) is 5.06 Å². The quantitative estimate of drug-likeness (QED) is 0.581. The fourth-order valence-electron chi connectivity index (χ4n) is 0.845. The van der Waals surface area contributed by atoms with Gasteiger partial charge in [0.15, 0.2) is 0 Å². The maximum absolute atomic E-state index is 11.6. The van der Waals surface area contributed by atoms with Gasteiger partial charge in [-0.15, -0.1) is 0 Å². The number of hydrogen-bond acceptors (Lipinski definition) is 3. The molecule has 0 aromatic carbocycles. The van der Waals surface area contributed by atoms with Crippen LogP contribution in [0.25, 0.3) is 0 Å². The summed E-state index contributed by atoms with van der Waals surface area (Å²) in [6, 6.07) is 1.49. The Balaban J connectivity index is 3.12. The zero-order chi connectivity index (χ0) is 10.7. The lowest BCUT2D eigenvalue weighted by molar-refractivity contribution is -0.0757. The highest BCUT2D eigenvalue weighted by Crippen LogP contribution is 2.23. The molecule has 4 nitrogen and oxygen atoms in total. The third-order valence-electron chi connectivity index (χ3n) is 1.63. The van der Waals surface area contributed by atoms with Crippen LogP contribution in [0.3, 0.4) is 0 Å². The van der Waals surface area contributed by atoms with E-state index in [9.17, 15) is 4.79 Å². The highest BCUT2D eigenvalue weighted by atomic mass is 35.5. The van der Waals surface area contributed by atoms with E-state index in [-0.39, 0.29) is 15.7 Å². The predicted octanol–water partition coefficient (Wildman–Crippen LogP) is 2.02. The minimum Gasteiger partial charge on any atom is -0.274 e. The fourth-order valence-corrected chi connectivity index (χ4v) is 1.36. The van der Waals surface area contributed by atoms with E-state index in [0.29, 0.717) is 0 Å². The monoisotopic (exact) mass is 234 g/mol. The molecule has 0 atom stereocenters. The van der Waals surface area contributed by atoms with Crippen molar-refractivity contribution in [1.82, 2.24) is 10.0 Å². The molecule has 0 N–H and O–H groups in total. The van der Waals surface area contributed by atoms with Gasteiger partial charge in [0.1, 0.15) is 5.15 Å². The van der Waals surface area contributed by atoms with Crippen LogP contribution in [-0.2, 0) is 4.84 Å². The molecule has 14 heavy (non-hydrogen) atoms. The summed E-state index contributed by atoms with van der Waals surface area (Å²) in [6.07, 6.45) is 1.42. The van der Waals surface area contributed by atoms with Crippen LogP contribution in [0, 0.1) is 0 Å². The van der Waals surface area contributed by atoms with Gasteiger partial charge in [-0.2, -0.15) is 0 Å². The SMILES string of the molecule is CON(C)C(=O)c1c(Cl)ccnc1Cl. The maximum Gasteiger partial charge on any atom is 0.281 e. The van der Waals surface area contributed by atoms with Gasteiger partial charge in [0.05, 0.1) is 17.7 Å². The predicted molar refractivity (Wildman–Crippen MR) is 53.4 cm³/mol. The number of carbonyl (C=O) groups is 1. The van der Waals surface area contributed by atoms with E-state index in [1.807, 2.05) is 0 Å². The van der Waals surface area contributed by atoms with Crippen molar-refractivity contribution in [1.29, 1.82) is 0 Å². The van der Waals surface area contributed by atoms with Gasteiger partial charge < -0.3 is 0 Å². The van der Waals surface area contributed by atoms with Gasteiger partial charge in [-0.25, -0.2) is 10.0 Å². The third kappa shape index (κ3) is 2.15. The molecule has 0 saturated carbocycles. The molecular formula is C8H8Cl2N2O2. The Labute approximate surface area is 91.3 Å². The molecule has 0 aliphatic carbocycles. The topological polar surface area (TPSA) is 42.4 Å². The van der Waals surface area contributed by atoms with Crippen molar-refractivity contribution in [2.75, 3.05) is 14.2 Å². The Morgan fingerprint density at radius 1 is 1.57 bits per heavy atom. The molecular weight excluding hydrogens is 227 g/mol. The second-order valence-electron chi connectivity index (χ2n) is 2.44. The largest absolute Gasteiger partial charge is 0.281 e. The van der Waals surface area contributed by atoms with E-state index in [1.165, 1.54) is 26.4 Å². The van der Waals surface area contributed by atoms with Gasteiger partial charge in [0, 0.05) is 13.2 Å². The molecule has 76 valence electrons. The first-order chi connectivity index (χ1) is 6.57.